The van der Waals surface area contributed by atoms with Crippen LogP contribution in [0.3, 0.4) is 0 Å². The third kappa shape index (κ3) is 2.44. The van der Waals surface area contributed by atoms with E-state index in [0.29, 0.717) is 25.1 Å². The standard InChI is InChI=1S/C12H12N2O3/c13-12(16)8-1-2-11-9(5-8)6-10(14-11)3-4-17-7-15/h1-2,5-7,14H,3-4H2,(H2,13,16). The molecule has 5 heteroatoms. The van der Waals surface area contributed by atoms with Gasteiger partial charge in [-0.15, -0.1) is 0 Å². The molecule has 0 fully saturated rings. The quantitative estimate of drug-likeness (QED) is 0.595. The fourth-order valence-corrected chi connectivity index (χ4v) is 1.70. The normalized spacial score (nSPS) is 10.4. The molecule has 1 aromatic carbocycles. The largest absolute Gasteiger partial charge is 0.467 e. The van der Waals surface area contributed by atoms with Gasteiger partial charge in [-0.25, -0.2) is 0 Å². The van der Waals surface area contributed by atoms with Crippen molar-refractivity contribution in [2.24, 2.45) is 5.73 Å². The van der Waals surface area contributed by atoms with Gasteiger partial charge in [0, 0.05) is 28.6 Å². The molecule has 88 valence electrons. The van der Waals surface area contributed by atoms with Gasteiger partial charge in [0.05, 0.1) is 6.61 Å². The first-order valence-corrected chi connectivity index (χ1v) is 5.17. The number of benzene rings is 1. The predicted octanol–water partition coefficient (Wildman–Crippen LogP) is 0.982. The number of nitrogens with one attached hydrogen (secondary N) is 1. The van der Waals surface area contributed by atoms with Crippen molar-refractivity contribution < 1.29 is 14.3 Å². The van der Waals surface area contributed by atoms with E-state index in [1.165, 1.54) is 0 Å². The van der Waals surface area contributed by atoms with Crippen LogP contribution < -0.4 is 5.73 Å². The first-order valence-electron chi connectivity index (χ1n) is 5.17. The number of rotatable bonds is 5. The molecule has 5 nitrogen and oxygen atoms in total. The zero-order valence-electron chi connectivity index (χ0n) is 9.10. The van der Waals surface area contributed by atoms with Crippen LogP contribution in [0.2, 0.25) is 0 Å². The number of hydrogen-bond donors (Lipinski definition) is 2. The first-order chi connectivity index (χ1) is 8.20. The number of fused-ring (bicyclic) bond motifs is 1. The monoisotopic (exact) mass is 232 g/mol. The highest BCUT2D eigenvalue weighted by Gasteiger charge is 2.05. The highest BCUT2D eigenvalue weighted by molar-refractivity contribution is 5.97. The maximum Gasteiger partial charge on any atom is 0.293 e. The number of carbonyl (C=O) groups is 2. The maximum absolute atomic E-state index is 11.0. The SMILES string of the molecule is NC(=O)c1ccc2[nH]c(CCOC=O)cc2c1. The van der Waals surface area contributed by atoms with Gasteiger partial charge in [-0.05, 0) is 24.3 Å². The van der Waals surface area contributed by atoms with E-state index in [9.17, 15) is 9.59 Å². The van der Waals surface area contributed by atoms with Crippen molar-refractivity contribution >= 4 is 23.3 Å². The van der Waals surface area contributed by atoms with Gasteiger partial charge in [0.2, 0.25) is 5.91 Å². The van der Waals surface area contributed by atoms with Crippen LogP contribution in [0.5, 0.6) is 0 Å². The molecular weight excluding hydrogens is 220 g/mol. The minimum absolute atomic E-state index is 0.332. The molecule has 0 bridgehead atoms. The summed E-state index contributed by atoms with van der Waals surface area (Å²) in [7, 11) is 0. The number of H-pyrrole nitrogens is 1. The van der Waals surface area contributed by atoms with Crippen LogP contribution in [0.25, 0.3) is 10.9 Å². The summed E-state index contributed by atoms with van der Waals surface area (Å²) in [5.41, 5.74) is 7.56. The Hall–Kier alpha value is -2.30. The predicted molar refractivity (Wildman–Crippen MR) is 62.5 cm³/mol. The van der Waals surface area contributed by atoms with E-state index in [4.69, 9.17) is 5.73 Å². The summed E-state index contributed by atoms with van der Waals surface area (Å²) in [6.07, 6.45) is 0.610. The van der Waals surface area contributed by atoms with E-state index in [2.05, 4.69) is 9.72 Å². The molecule has 0 saturated carbocycles. The molecule has 0 spiro atoms. The topological polar surface area (TPSA) is 85.2 Å². The van der Waals surface area contributed by atoms with Crippen molar-refractivity contribution in [3.8, 4) is 0 Å². The van der Waals surface area contributed by atoms with E-state index in [-0.39, 0.29) is 0 Å². The van der Waals surface area contributed by atoms with Gasteiger partial charge in [0.15, 0.2) is 0 Å². The van der Waals surface area contributed by atoms with Crippen molar-refractivity contribution in [3.05, 3.63) is 35.5 Å². The second kappa shape index (κ2) is 4.69. The molecule has 2 rings (SSSR count). The Kier molecular flexibility index (Phi) is 3.09. The number of aromatic nitrogens is 1. The molecule has 1 amide bonds. The van der Waals surface area contributed by atoms with E-state index in [1.807, 2.05) is 6.07 Å². The summed E-state index contributed by atoms with van der Waals surface area (Å²) in [5.74, 6) is -0.445. The number of aromatic amines is 1. The van der Waals surface area contributed by atoms with Crippen LogP contribution in [0.1, 0.15) is 16.1 Å². The van der Waals surface area contributed by atoms with E-state index in [0.717, 1.165) is 16.6 Å². The van der Waals surface area contributed by atoms with Crippen LogP contribution in [0.15, 0.2) is 24.3 Å². The molecule has 0 aliphatic heterocycles. The second-order valence-electron chi connectivity index (χ2n) is 3.68. The molecule has 1 heterocycles. The second-order valence-corrected chi connectivity index (χ2v) is 3.68. The minimum Gasteiger partial charge on any atom is -0.467 e. The molecule has 0 unspecified atom stereocenters. The number of nitrogens with two attached hydrogens (primary N) is 1. The molecule has 0 aliphatic rings. The summed E-state index contributed by atoms with van der Waals surface area (Å²) in [6.45, 7) is 0.757. The Bertz CT molecular complexity index is 560. The van der Waals surface area contributed by atoms with Gasteiger partial charge in [-0.2, -0.15) is 0 Å². The third-order valence-corrected chi connectivity index (χ3v) is 2.52. The Morgan fingerprint density at radius 1 is 1.41 bits per heavy atom. The zero-order chi connectivity index (χ0) is 12.3. The molecule has 0 radical (unpaired) electrons. The molecule has 1 aromatic heterocycles. The molecule has 17 heavy (non-hydrogen) atoms. The maximum atomic E-state index is 11.0. The summed E-state index contributed by atoms with van der Waals surface area (Å²) in [5, 5.41) is 0.919. The van der Waals surface area contributed by atoms with Crippen LogP contribution in [0.4, 0.5) is 0 Å². The molecule has 0 aliphatic carbocycles. The molecule has 3 N–H and O–H groups in total. The summed E-state index contributed by atoms with van der Waals surface area (Å²) in [6, 6.07) is 7.13. The number of ether oxygens (including phenoxy) is 1. The van der Waals surface area contributed by atoms with Crippen molar-refractivity contribution in [2.75, 3.05) is 6.61 Å². The van der Waals surface area contributed by atoms with Crippen molar-refractivity contribution in [1.82, 2.24) is 4.98 Å². The van der Waals surface area contributed by atoms with Crippen molar-refractivity contribution in [1.29, 1.82) is 0 Å². The van der Waals surface area contributed by atoms with Gasteiger partial charge in [0.25, 0.3) is 6.47 Å². The van der Waals surface area contributed by atoms with Crippen LogP contribution >= 0.6 is 0 Å². The van der Waals surface area contributed by atoms with Crippen LogP contribution in [0, 0.1) is 0 Å². The lowest BCUT2D eigenvalue weighted by molar-refractivity contribution is -0.128. The number of hydrogen-bond acceptors (Lipinski definition) is 3. The summed E-state index contributed by atoms with van der Waals surface area (Å²) < 4.78 is 4.62. The Labute approximate surface area is 97.6 Å². The highest BCUT2D eigenvalue weighted by atomic mass is 16.5. The fraction of sp³-hybridized carbons (Fsp3) is 0.167. The van der Waals surface area contributed by atoms with Crippen LogP contribution in [-0.4, -0.2) is 24.0 Å². The lowest BCUT2D eigenvalue weighted by Gasteiger charge is -1.95. The van der Waals surface area contributed by atoms with Gasteiger partial charge < -0.3 is 15.5 Å². The average molecular weight is 232 g/mol. The van der Waals surface area contributed by atoms with Crippen molar-refractivity contribution in [3.63, 3.8) is 0 Å². The highest BCUT2D eigenvalue weighted by Crippen LogP contribution is 2.17. The minimum atomic E-state index is -0.445. The van der Waals surface area contributed by atoms with Gasteiger partial charge >= 0.3 is 0 Å². The number of primary amides is 1. The lowest BCUT2D eigenvalue weighted by Crippen LogP contribution is -2.10. The molecular formula is C12H12N2O3. The average Bonchev–Trinajstić information content (AvgIpc) is 2.70. The van der Waals surface area contributed by atoms with E-state index in [1.54, 1.807) is 18.2 Å². The first kappa shape index (κ1) is 11.2. The third-order valence-electron chi connectivity index (χ3n) is 2.52. The molecule has 2 aromatic rings. The van der Waals surface area contributed by atoms with Gasteiger partial charge in [0.1, 0.15) is 0 Å². The summed E-state index contributed by atoms with van der Waals surface area (Å²) in [4.78, 5) is 24.2. The summed E-state index contributed by atoms with van der Waals surface area (Å²) >= 11 is 0. The van der Waals surface area contributed by atoms with Gasteiger partial charge in [-0.1, -0.05) is 0 Å². The Morgan fingerprint density at radius 3 is 2.94 bits per heavy atom. The molecule has 0 saturated heterocycles. The van der Waals surface area contributed by atoms with E-state index >= 15 is 0 Å². The smallest absolute Gasteiger partial charge is 0.293 e. The number of carbonyl (C=O) groups excluding carboxylic acids is 2. The van der Waals surface area contributed by atoms with E-state index < -0.39 is 5.91 Å². The Morgan fingerprint density at radius 2 is 2.24 bits per heavy atom. The fourth-order valence-electron chi connectivity index (χ4n) is 1.70. The number of amides is 1. The Balaban J connectivity index is 2.24. The van der Waals surface area contributed by atoms with Crippen molar-refractivity contribution in [2.45, 2.75) is 6.42 Å². The molecule has 0 atom stereocenters. The lowest BCUT2D eigenvalue weighted by atomic mass is 10.1. The zero-order valence-corrected chi connectivity index (χ0v) is 9.10. The van der Waals surface area contributed by atoms with Gasteiger partial charge in [-0.3, -0.25) is 9.59 Å². The van der Waals surface area contributed by atoms with Crippen LogP contribution in [-0.2, 0) is 16.0 Å².